The Balaban J connectivity index is 1.55. The number of benzene rings is 1. The Hall–Kier alpha value is -2.16. The van der Waals surface area contributed by atoms with Crippen LogP contribution in [0.5, 0.6) is 0 Å². The number of fused-ring (bicyclic) bond motifs is 3. The van der Waals surface area contributed by atoms with Gasteiger partial charge in [0.2, 0.25) is 0 Å². The fraction of sp³-hybridized carbons (Fsp3) is 0.474. The molecule has 1 aromatic carbocycles. The van der Waals surface area contributed by atoms with Gasteiger partial charge < -0.3 is 20.2 Å². The molecule has 9 heteroatoms. The Morgan fingerprint density at radius 1 is 1.39 bits per heavy atom. The fourth-order valence-corrected chi connectivity index (χ4v) is 4.05. The maximum absolute atomic E-state index is 13.3. The number of nitrogens with one attached hydrogen (secondary N) is 1. The molecule has 2 amide bonds. The van der Waals surface area contributed by atoms with Gasteiger partial charge in [0.15, 0.2) is 0 Å². The van der Waals surface area contributed by atoms with Crippen molar-refractivity contribution in [2.24, 2.45) is 0 Å². The van der Waals surface area contributed by atoms with Gasteiger partial charge in [-0.3, -0.25) is 4.68 Å². The third-order valence-corrected chi connectivity index (χ3v) is 5.74. The summed E-state index contributed by atoms with van der Waals surface area (Å²) < 4.78 is 15.3. The van der Waals surface area contributed by atoms with Crippen molar-refractivity contribution in [3.8, 4) is 0 Å². The van der Waals surface area contributed by atoms with Crippen LogP contribution in [0, 0.1) is 5.82 Å². The molecule has 1 aromatic heterocycles. The highest BCUT2D eigenvalue weighted by Crippen LogP contribution is 2.29. The summed E-state index contributed by atoms with van der Waals surface area (Å²) in [4.78, 5) is 16.7. The lowest BCUT2D eigenvalue weighted by molar-refractivity contribution is 0.204. The summed E-state index contributed by atoms with van der Waals surface area (Å²) in [5, 5.41) is 17.3. The summed E-state index contributed by atoms with van der Waals surface area (Å²) in [6.07, 6.45) is 1.50. The second-order valence-electron chi connectivity index (χ2n) is 7.41. The summed E-state index contributed by atoms with van der Waals surface area (Å²) in [7, 11) is 2.05. The first kappa shape index (κ1) is 19.2. The topological polar surface area (TPSA) is 73.6 Å². The molecule has 2 aliphatic rings. The number of halogens is 2. The third kappa shape index (κ3) is 3.59. The Morgan fingerprint density at radius 2 is 2.21 bits per heavy atom. The van der Waals surface area contributed by atoms with Gasteiger partial charge in [0.05, 0.1) is 35.6 Å². The third-order valence-electron chi connectivity index (χ3n) is 5.45. The molecule has 0 radical (unpaired) electrons. The zero-order chi connectivity index (χ0) is 19.8. The number of nitrogens with zero attached hydrogens (tertiary/aromatic N) is 4. The van der Waals surface area contributed by atoms with Crippen molar-refractivity contribution in [2.45, 2.75) is 32.0 Å². The summed E-state index contributed by atoms with van der Waals surface area (Å²) in [5.41, 5.74) is 3.58. The van der Waals surface area contributed by atoms with E-state index in [4.69, 9.17) is 16.7 Å². The normalized spacial score (nSPS) is 19.7. The van der Waals surface area contributed by atoms with Crippen LogP contribution in [0.3, 0.4) is 0 Å². The van der Waals surface area contributed by atoms with E-state index >= 15 is 0 Å². The van der Waals surface area contributed by atoms with Crippen LogP contribution in [-0.2, 0) is 19.5 Å². The fourth-order valence-electron chi connectivity index (χ4n) is 3.86. The van der Waals surface area contributed by atoms with Crippen molar-refractivity contribution >= 4 is 23.3 Å². The van der Waals surface area contributed by atoms with Gasteiger partial charge in [-0.1, -0.05) is 11.6 Å². The molecular formula is C19H23ClFN5O2. The van der Waals surface area contributed by atoms with Crippen molar-refractivity contribution in [2.75, 3.05) is 32.1 Å². The number of aromatic nitrogens is 2. The second kappa shape index (κ2) is 7.69. The van der Waals surface area contributed by atoms with Gasteiger partial charge in [-0.25, -0.2) is 9.18 Å². The van der Waals surface area contributed by atoms with E-state index in [1.165, 1.54) is 18.2 Å². The van der Waals surface area contributed by atoms with Crippen LogP contribution in [0.2, 0.25) is 5.02 Å². The van der Waals surface area contributed by atoms with E-state index < -0.39 is 5.82 Å². The predicted octanol–water partition coefficient (Wildman–Crippen LogP) is 2.63. The second-order valence-corrected chi connectivity index (χ2v) is 7.82. The predicted molar refractivity (Wildman–Crippen MR) is 104 cm³/mol. The largest absolute Gasteiger partial charge is 0.394 e. The first-order valence-corrected chi connectivity index (χ1v) is 9.73. The van der Waals surface area contributed by atoms with Gasteiger partial charge in [0.25, 0.3) is 0 Å². The molecule has 7 nitrogen and oxygen atoms in total. The molecule has 0 spiro atoms. The number of hydrogen-bond acceptors (Lipinski definition) is 4. The summed E-state index contributed by atoms with van der Waals surface area (Å²) in [6, 6.07) is 3.83. The Labute approximate surface area is 167 Å². The average molecular weight is 408 g/mol. The zero-order valence-electron chi connectivity index (χ0n) is 15.7. The smallest absolute Gasteiger partial charge is 0.322 e. The maximum Gasteiger partial charge on any atom is 0.322 e. The van der Waals surface area contributed by atoms with Gasteiger partial charge in [0, 0.05) is 37.3 Å². The molecule has 3 heterocycles. The van der Waals surface area contributed by atoms with Gasteiger partial charge >= 0.3 is 6.03 Å². The number of carbonyl (C=O) groups is 1. The number of rotatable bonds is 2. The average Bonchev–Trinajstić information content (AvgIpc) is 2.94. The van der Waals surface area contributed by atoms with Crippen LogP contribution in [0.4, 0.5) is 14.9 Å². The standard InChI is InChI=1S/C19H23ClFN5O2/c1-24-6-4-13(11-27)26-18(10-24)14-9-25(7-5-17(14)23-26)19(28)22-12-2-3-16(21)15(20)8-12/h2-3,8,13,27H,4-7,9-11H2,1H3,(H,22,28). The van der Waals surface area contributed by atoms with E-state index in [0.717, 1.165) is 36.5 Å². The van der Waals surface area contributed by atoms with Crippen LogP contribution in [0.1, 0.15) is 29.4 Å². The highest BCUT2D eigenvalue weighted by molar-refractivity contribution is 6.31. The number of aliphatic hydroxyl groups is 1. The minimum Gasteiger partial charge on any atom is -0.394 e. The van der Waals surface area contributed by atoms with E-state index in [2.05, 4.69) is 17.3 Å². The van der Waals surface area contributed by atoms with Crippen LogP contribution in [0.25, 0.3) is 0 Å². The minimum absolute atomic E-state index is 0.0289. The van der Waals surface area contributed by atoms with E-state index in [-0.39, 0.29) is 23.7 Å². The van der Waals surface area contributed by atoms with Crippen molar-refractivity contribution in [1.82, 2.24) is 19.6 Å². The first-order valence-electron chi connectivity index (χ1n) is 9.35. The molecule has 1 unspecified atom stereocenters. The van der Waals surface area contributed by atoms with Crippen molar-refractivity contribution in [3.63, 3.8) is 0 Å². The minimum atomic E-state index is -0.521. The van der Waals surface area contributed by atoms with Gasteiger partial charge in [-0.05, 0) is 31.7 Å². The molecule has 0 saturated carbocycles. The highest BCUT2D eigenvalue weighted by atomic mass is 35.5. The Kier molecular flexibility index (Phi) is 5.27. The molecule has 0 aliphatic carbocycles. The molecule has 2 N–H and O–H groups in total. The molecular weight excluding hydrogens is 385 g/mol. The number of hydrogen-bond donors (Lipinski definition) is 2. The Morgan fingerprint density at radius 3 is 2.96 bits per heavy atom. The van der Waals surface area contributed by atoms with Crippen molar-refractivity contribution < 1.29 is 14.3 Å². The number of anilines is 1. The quantitative estimate of drug-likeness (QED) is 0.802. The molecule has 0 saturated heterocycles. The maximum atomic E-state index is 13.3. The lowest BCUT2D eigenvalue weighted by atomic mass is 10.1. The van der Waals surface area contributed by atoms with Crippen LogP contribution in [-0.4, -0.2) is 57.5 Å². The number of carbonyl (C=O) groups excluding carboxylic acids is 1. The van der Waals surface area contributed by atoms with Crippen molar-refractivity contribution in [3.05, 3.63) is 46.0 Å². The highest BCUT2D eigenvalue weighted by Gasteiger charge is 2.31. The van der Waals surface area contributed by atoms with E-state index in [0.29, 0.717) is 25.2 Å². The molecule has 0 bridgehead atoms. The van der Waals surface area contributed by atoms with Crippen LogP contribution >= 0.6 is 11.6 Å². The van der Waals surface area contributed by atoms with E-state index in [1.54, 1.807) is 4.90 Å². The number of aliphatic hydroxyl groups excluding tert-OH is 1. The van der Waals surface area contributed by atoms with Crippen LogP contribution < -0.4 is 5.32 Å². The lowest BCUT2D eigenvalue weighted by Crippen LogP contribution is -2.39. The summed E-state index contributed by atoms with van der Waals surface area (Å²) in [5.74, 6) is -0.521. The monoisotopic (exact) mass is 407 g/mol. The lowest BCUT2D eigenvalue weighted by Gasteiger charge is -2.27. The van der Waals surface area contributed by atoms with Crippen molar-refractivity contribution in [1.29, 1.82) is 0 Å². The summed E-state index contributed by atoms with van der Waals surface area (Å²) >= 11 is 5.80. The zero-order valence-corrected chi connectivity index (χ0v) is 16.4. The Bertz CT molecular complexity index is 903. The van der Waals surface area contributed by atoms with E-state index in [9.17, 15) is 14.3 Å². The van der Waals surface area contributed by atoms with Gasteiger partial charge in [-0.2, -0.15) is 5.10 Å². The molecule has 4 rings (SSSR count). The summed E-state index contributed by atoms with van der Waals surface area (Å²) in [6.45, 7) is 2.68. The van der Waals surface area contributed by atoms with Gasteiger partial charge in [0.1, 0.15) is 5.82 Å². The molecule has 2 aromatic rings. The first-order chi connectivity index (χ1) is 13.5. The van der Waals surface area contributed by atoms with Crippen LogP contribution in [0.15, 0.2) is 18.2 Å². The van der Waals surface area contributed by atoms with E-state index in [1.807, 2.05) is 4.68 Å². The SMILES string of the molecule is CN1CCC(CO)n2nc3c(c2C1)CN(C(=O)Nc1ccc(F)c(Cl)c1)CC3. The molecule has 0 fully saturated rings. The number of urea groups is 1. The molecule has 150 valence electrons. The molecule has 1 atom stereocenters. The number of amides is 2. The van der Waals surface area contributed by atoms with Gasteiger partial charge in [-0.15, -0.1) is 0 Å². The molecule has 28 heavy (non-hydrogen) atoms. The molecule has 2 aliphatic heterocycles.